The molecular formula is C19H28ClN3O4. The molecule has 0 atom stereocenters. The Morgan fingerprint density at radius 3 is 2.26 bits per heavy atom. The summed E-state index contributed by atoms with van der Waals surface area (Å²) in [6.07, 6.45) is 2.55. The standard InChI is InChI=1S/C19H27N3O4.ClH/c1-25-16-6-5-15(11-17(16)26-2)19(24)22-9-7-21(8-10-22)18(23)13-20-12-14-3-4-14;/h5-6,11,14,20H,3-4,7-10,12-13H2,1-2H3;1H. The van der Waals surface area contributed by atoms with Gasteiger partial charge in [-0.1, -0.05) is 0 Å². The highest BCUT2D eigenvalue weighted by Crippen LogP contribution is 2.28. The van der Waals surface area contributed by atoms with Gasteiger partial charge in [0.25, 0.3) is 5.91 Å². The number of carbonyl (C=O) groups is 2. The topological polar surface area (TPSA) is 71.1 Å². The summed E-state index contributed by atoms with van der Waals surface area (Å²) >= 11 is 0. The number of amides is 2. The molecule has 1 aliphatic heterocycles. The minimum absolute atomic E-state index is 0. The Labute approximate surface area is 166 Å². The molecule has 7 nitrogen and oxygen atoms in total. The number of methoxy groups -OCH3 is 2. The maximum Gasteiger partial charge on any atom is 0.254 e. The number of hydrogen-bond acceptors (Lipinski definition) is 5. The molecule has 2 aliphatic rings. The third-order valence-electron chi connectivity index (χ3n) is 4.96. The van der Waals surface area contributed by atoms with Gasteiger partial charge in [0.1, 0.15) is 0 Å². The highest BCUT2D eigenvalue weighted by atomic mass is 35.5. The van der Waals surface area contributed by atoms with Gasteiger partial charge in [0, 0.05) is 31.7 Å². The van der Waals surface area contributed by atoms with Gasteiger partial charge >= 0.3 is 0 Å². The predicted octanol–water partition coefficient (Wildman–Crippen LogP) is 1.41. The highest BCUT2D eigenvalue weighted by molar-refractivity contribution is 5.95. The summed E-state index contributed by atoms with van der Waals surface area (Å²) in [6.45, 7) is 3.55. The van der Waals surface area contributed by atoms with Gasteiger partial charge in [-0.3, -0.25) is 9.59 Å². The Balaban J connectivity index is 0.00000261. The van der Waals surface area contributed by atoms with Crippen LogP contribution in [-0.4, -0.2) is 75.1 Å². The predicted molar refractivity (Wildman–Crippen MR) is 105 cm³/mol. The van der Waals surface area contributed by atoms with Crippen molar-refractivity contribution in [2.45, 2.75) is 12.8 Å². The number of piperazine rings is 1. The molecule has 3 rings (SSSR count). The van der Waals surface area contributed by atoms with Crippen molar-refractivity contribution in [1.29, 1.82) is 0 Å². The van der Waals surface area contributed by atoms with Gasteiger partial charge < -0.3 is 24.6 Å². The summed E-state index contributed by atoms with van der Waals surface area (Å²) < 4.78 is 10.5. The van der Waals surface area contributed by atoms with E-state index in [1.54, 1.807) is 37.3 Å². The second-order valence-electron chi connectivity index (χ2n) is 6.82. The second-order valence-corrected chi connectivity index (χ2v) is 6.82. The van der Waals surface area contributed by atoms with Crippen LogP contribution in [0.3, 0.4) is 0 Å². The lowest BCUT2D eigenvalue weighted by Gasteiger charge is -2.35. The minimum Gasteiger partial charge on any atom is -0.493 e. The number of nitrogens with one attached hydrogen (secondary N) is 1. The highest BCUT2D eigenvalue weighted by Gasteiger charge is 2.26. The van der Waals surface area contributed by atoms with E-state index in [0.29, 0.717) is 49.8 Å². The van der Waals surface area contributed by atoms with Crippen molar-refractivity contribution in [1.82, 2.24) is 15.1 Å². The molecule has 2 amide bonds. The molecule has 8 heteroatoms. The summed E-state index contributed by atoms with van der Waals surface area (Å²) in [5.74, 6) is 1.96. The van der Waals surface area contributed by atoms with Crippen molar-refractivity contribution in [3.8, 4) is 11.5 Å². The zero-order chi connectivity index (χ0) is 18.5. The molecule has 0 unspecified atom stereocenters. The van der Waals surface area contributed by atoms with Crippen LogP contribution in [0.1, 0.15) is 23.2 Å². The monoisotopic (exact) mass is 397 g/mol. The van der Waals surface area contributed by atoms with Crippen molar-refractivity contribution in [2.75, 3.05) is 53.5 Å². The van der Waals surface area contributed by atoms with E-state index in [2.05, 4.69) is 5.32 Å². The molecule has 27 heavy (non-hydrogen) atoms. The summed E-state index contributed by atoms with van der Waals surface area (Å²) in [5, 5.41) is 3.23. The third-order valence-corrected chi connectivity index (χ3v) is 4.96. The first-order valence-electron chi connectivity index (χ1n) is 9.12. The van der Waals surface area contributed by atoms with Crippen LogP contribution in [0.5, 0.6) is 11.5 Å². The molecule has 0 aromatic heterocycles. The molecule has 2 fully saturated rings. The lowest BCUT2D eigenvalue weighted by molar-refractivity contribution is -0.131. The van der Waals surface area contributed by atoms with Crippen LogP contribution >= 0.6 is 12.4 Å². The summed E-state index contributed by atoms with van der Waals surface area (Å²) in [4.78, 5) is 28.6. The van der Waals surface area contributed by atoms with Crippen molar-refractivity contribution in [3.63, 3.8) is 0 Å². The van der Waals surface area contributed by atoms with E-state index in [-0.39, 0.29) is 24.2 Å². The Morgan fingerprint density at radius 2 is 1.67 bits per heavy atom. The molecule has 1 saturated carbocycles. The molecule has 0 spiro atoms. The lowest BCUT2D eigenvalue weighted by Crippen LogP contribution is -2.52. The first kappa shape index (κ1) is 21.3. The molecular weight excluding hydrogens is 370 g/mol. The minimum atomic E-state index is -0.0510. The summed E-state index contributed by atoms with van der Waals surface area (Å²) in [6, 6.07) is 5.17. The van der Waals surface area contributed by atoms with Crippen molar-refractivity contribution >= 4 is 24.2 Å². The normalized spacial score (nSPS) is 16.5. The first-order chi connectivity index (χ1) is 12.6. The quantitative estimate of drug-likeness (QED) is 0.753. The van der Waals surface area contributed by atoms with E-state index in [1.807, 2.05) is 4.90 Å². The van der Waals surface area contributed by atoms with Crippen LogP contribution in [0.25, 0.3) is 0 Å². The van der Waals surface area contributed by atoms with Crippen LogP contribution in [-0.2, 0) is 4.79 Å². The van der Waals surface area contributed by atoms with Crippen molar-refractivity contribution < 1.29 is 19.1 Å². The average molecular weight is 398 g/mol. The average Bonchev–Trinajstić information content (AvgIpc) is 3.51. The fourth-order valence-corrected chi connectivity index (χ4v) is 3.13. The SMILES string of the molecule is COc1ccc(C(=O)N2CCN(C(=O)CNCC3CC3)CC2)cc1OC.Cl. The Bertz CT molecular complexity index is 658. The van der Waals surface area contributed by atoms with E-state index in [4.69, 9.17) is 9.47 Å². The Kier molecular flexibility index (Phi) is 7.74. The smallest absolute Gasteiger partial charge is 0.254 e. The number of nitrogens with zero attached hydrogens (tertiary/aromatic N) is 2. The van der Waals surface area contributed by atoms with E-state index in [9.17, 15) is 9.59 Å². The zero-order valence-corrected chi connectivity index (χ0v) is 16.7. The van der Waals surface area contributed by atoms with Gasteiger partial charge in [-0.05, 0) is 43.5 Å². The molecule has 1 aromatic rings. The third kappa shape index (κ3) is 5.49. The number of benzene rings is 1. The maximum absolute atomic E-state index is 12.7. The van der Waals surface area contributed by atoms with E-state index in [1.165, 1.54) is 12.8 Å². The van der Waals surface area contributed by atoms with Gasteiger partial charge in [-0.15, -0.1) is 12.4 Å². The number of carbonyl (C=O) groups excluding carboxylic acids is 2. The fraction of sp³-hybridized carbons (Fsp3) is 0.579. The fourth-order valence-electron chi connectivity index (χ4n) is 3.13. The van der Waals surface area contributed by atoms with Crippen molar-refractivity contribution in [2.24, 2.45) is 5.92 Å². The summed E-state index contributed by atoms with van der Waals surface area (Å²) in [7, 11) is 3.11. The number of ether oxygens (including phenoxy) is 2. The lowest BCUT2D eigenvalue weighted by atomic mass is 10.1. The molecule has 150 valence electrons. The first-order valence-corrected chi connectivity index (χ1v) is 9.12. The molecule has 1 N–H and O–H groups in total. The molecule has 0 bridgehead atoms. The summed E-state index contributed by atoms with van der Waals surface area (Å²) in [5.41, 5.74) is 0.563. The molecule has 1 saturated heterocycles. The maximum atomic E-state index is 12.7. The zero-order valence-electron chi connectivity index (χ0n) is 15.9. The molecule has 1 aliphatic carbocycles. The van der Waals surface area contributed by atoms with Crippen LogP contribution in [0.15, 0.2) is 18.2 Å². The van der Waals surface area contributed by atoms with Crippen LogP contribution in [0.2, 0.25) is 0 Å². The van der Waals surface area contributed by atoms with Gasteiger partial charge in [-0.2, -0.15) is 0 Å². The van der Waals surface area contributed by atoms with Crippen LogP contribution in [0.4, 0.5) is 0 Å². The van der Waals surface area contributed by atoms with Gasteiger partial charge in [0.05, 0.1) is 20.8 Å². The van der Waals surface area contributed by atoms with Gasteiger partial charge in [0.15, 0.2) is 11.5 Å². The van der Waals surface area contributed by atoms with Crippen LogP contribution < -0.4 is 14.8 Å². The number of hydrogen-bond donors (Lipinski definition) is 1. The molecule has 0 radical (unpaired) electrons. The number of halogens is 1. The Morgan fingerprint density at radius 1 is 1.04 bits per heavy atom. The van der Waals surface area contributed by atoms with E-state index in [0.717, 1.165) is 12.5 Å². The van der Waals surface area contributed by atoms with Crippen LogP contribution in [0, 0.1) is 5.92 Å². The van der Waals surface area contributed by atoms with E-state index >= 15 is 0 Å². The van der Waals surface area contributed by atoms with Crippen molar-refractivity contribution in [3.05, 3.63) is 23.8 Å². The number of rotatable bonds is 7. The Hall–Kier alpha value is -1.99. The molecule has 1 heterocycles. The largest absolute Gasteiger partial charge is 0.493 e. The van der Waals surface area contributed by atoms with E-state index < -0.39 is 0 Å². The molecule has 1 aromatic carbocycles. The van der Waals surface area contributed by atoms with Gasteiger partial charge in [-0.25, -0.2) is 0 Å². The van der Waals surface area contributed by atoms with Gasteiger partial charge in [0.2, 0.25) is 5.91 Å². The second kappa shape index (κ2) is 9.80.